The molecule has 1 aliphatic heterocycles. The number of morpholine rings is 1. The summed E-state index contributed by atoms with van der Waals surface area (Å²) in [6, 6.07) is 10.1. The molecule has 0 spiro atoms. The third-order valence-corrected chi connectivity index (χ3v) is 5.06. The molecule has 1 saturated heterocycles. The Morgan fingerprint density at radius 1 is 1.31 bits per heavy atom. The van der Waals surface area contributed by atoms with Crippen molar-refractivity contribution in [3.8, 4) is 5.69 Å². The summed E-state index contributed by atoms with van der Waals surface area (Å²) in [5.41, 5.74) is 2.20. The number of aromatic nitrogens is 2. The van der Waals surface area contributed by atoms with E-state index in [2.05, 4.69) is 21.5 Å². The van der Waals surface area contributed by atoms with Gasteiger partial charge in [-0.25, -0.2) is 4.68 Å². The van der Waals surface area contributed by atoms with E-state index in [4.69, 9.17) is 17.0 Å². The molecule has 2 aromatic rings. The van der Waals surface area contributed by atoms with Gasteiger partial charge in [0, 0.05) is 38.3 Å². The van der Waals surface area contributed by atoms with E-state index in [-0.39, 0.29) is 0 Å². The van der Waals surface area contributed by atoms with Gasteiger partial charge in [0.2, 0.25) is 0 Å². The number of nitrogens with zero attached hydrogens (tertiary/aromatic N) is 3. The van der Waals surface area contributed by atoms with Gasteiger partial charge in [0.05, 0.1) is 31.6 Å². The first-order valence-corrected chi connectivity index (χ1v) is 9.62. The summed E-state index contributed by atoms with van der Waals surface area (Å²) in [5.74, 6) is 0. The molecule has 7 heteroatoms. The molecule has 0 saturated carbocycles. The Kier molecular flexibility index (Phi) is 6.99. The second-order valence-corrected chi connectivity index (χ2v) is 7.07. The van der Waals surface area contributed by atoms with Gasteiger partial charge >= 0.3 is 0 Å². The van der Waals surface area contributed by atoms with Crippen molar-refractivity contribution in [1.29, 1.82) is 0 Å². The van der Waals surface area contributed by atoms with E-state index in [1.165, 1.54) is 6.54 Å². The first-order valence-electron chi connectivity index (χ1n) is 9.21. The summed E-state index contributed by atoms with van der Waals surface area (Å²) in [5, 5.41) is 8.59. The molecule has 0 atom stereocenters. The lowest BCUT2D eigenvalue weighted by Crippen LogP contribution is -3.14. The van der Waals surface area contributed by atoms with Gasteiger partial charge in [0.15, 0.2) is 5.11 Å². The standard InChI is InChI=1S/C19H27N5OS/c1-22(19(26)20-8-5-9-23-10-12-25-13-11-23)15-17-14-21-24(16-17)18-6-3-2-4-7-18/h2-4,6-7,14,16H,5,8-13,15H2,1H3,(H,20,26)/p+1. The maximum Gasteiger partial charge on any atom is 0.168 e. The van der Waals surface area contributed by atoms with Crippen LogP contribution in [0.5, 0.6) is 0 Å². The van der Waals surface area contributed by atoms with Crippen molar-refractivity contribution in [1.82, 2.24) is 20.0 Å². The lowest BCUT2D eigenvalue weighted by molar-refractivity contribution is -0.908. The van der Waals surface area contributed by atoms with Crippen LogP contribution in [0.2, 0.25) is 0 Å². The van der Waals surface area contributed by atoms with E-state index in [9.17, 15) is 0 Å². The van der Waals surface area contributed by atoms with Crippen LogP contribution in [0, 0.1) is 0 Å². The number of thiocarbonyl (C=S) groups is 1. The Labute approximate surface area is 160 Å². The van der Waals surface area contributed by atoms with Crippen molar-refractivity contribution in [2.75, 3.05) is 46.4 Å². The molecular weight excluding hydrogens is 346 g/mol. The molecule has 0 aliphatic carbocycles. The smallest absolute Gasteiger partial charge is 0.168 e. The quantitative estimate of drug-likeness (QED) is 0.545. The first kappa shape index (κ1) is 18.8. The van der Waals surface area contributed by atoms with Crippen LogP contribution < -0.4 is 10.2 Å². The van der Waals surface area contributed by atoms with Gasteiger partial charge in [-0.15, -0.1) is 0 Å². The Morgan fingerprint density at radius 3 is 2.85 bits per heavy atom. The highest BCUT2D eigenvalue weighted by molar-refractivity contribution is 7.80. The molecule has 0 amide bonds. The molecule has 26 heavy (non-hydrogen) atoms. The van der Waals surface area contributed by atoms with Crippen LogP contribution in [0.1, 0.15) is 12.0 Å². The van der Waals surface area contributed by atoms with Gasteiger partial charge in [-0.2, -0.15) is 5.10 Å². The number of nitrogens with one attached hydrogen (secondary N) is 2. The van der Waals surface area contributed by atoms with Crippen molar-refractivity contribution in [3.63, 3.8) is 0 Å². The summed E-state index contributed by atoms with van der Waals surface area (Å²) >= 11 is 5.51. The SMILES string of the molecule is CN(Cc1cnn(-c2ccccc2)c1)C(=S)NCCC[NH+]1CCOCC1. The van der Waals surface area contributed by atoms with Gasteiger partial charge in [-0.1, -0.05) is 18.2 Å². The van der Waals surface area contributed by atoms with Crippen LogP contribution in [-0.2, 0) is 11.3 Å². The van der Waals surface area contributed by atoms with Crippen LogP contribution in [-0.4, -0.2) is 66.2 Å². The summed E-state index contributed by atoms with van der Waals surface area (Å²) in [7, 11) is 2.02. The number of rotatable bonds is 7. The second-order valence-electron chi connectivity index (χ2n) is 6.68. The molecule has 1 fully saturated rings. The van der Waals surface area contributed by atoms with E-state index in [0.717, 1.165) is 62.2 Å². The van der Waals surface area contributed by atoms with Gasteiger partial charge in [0.25, 0.3) is 0 Å². The maximum atomic E-state index is 5.51. The zero-order valence-electron chi connectivity index (χ0n) is 15.4. The largest absolute Gasteiger partial charge is 0.370 e. The lowest BCUT2D eigenvalue weighted by Gasteiger charge is -2.24. The number of benzene rings is 1. The van der Waals surface area contributed by atoms with Crippen molar-refractivity contribution >= 4 is 17.3 Å². The number of quaternary nitrogens is 1. The third kappa shape index (κ3) is 5.52. The number of hydrogen-bond acceptors (Lipinski definition) is 3. The lowest BCUT2D eigenvalue weighted by atomic mass is 10.3. The van der Waals surface area contributed by atoms with Gasteiger partial charge in [-0.05, 0) is 24.4 Å². The number of hydrogen-bond donors (Lipinski definition) is 2. The molecule has 2 N–H and O–H groups in total. The van der Waals surface area contributed by atoms with E-state index in [1.54, 1.807) is 4.90 Å². The Hall–Kier alpha value is -1.96. The minimum atomic E-state index is 0.743. The van der Waals surface area contributed by atoms with Crippen molar-refractivity contribution in [2.45, 2.75) is 13.0 Å². The van der Waals surface area contributed by atoms with Crippen LogP contribution in [0.4, 0.5) is 0 Å². The molecule has 0 radical (unpaired) electrons. The minimum absolute atomic E-state index is 0.743. The summed E-state index contributed by atoms with van der Waals surface area (Å²) in [6.07, 6.45) is 5.07. The first-order chi connectivity index (χ1) is 12.7. The van der Waals surface area contributed by atoms with E-state index in [0.29, 0.717) is 0 Å². The fourth-order valence-electron chi connectivity index (χ4n) is 3.09. The molecule has 3 rings (SSSR count). The molecule has 6 nitrogen and oxygen atoms in total. The van der Waals surface area contributed by atoms with E-state index in [1.807, 2.05) is 48.3 Å². The van der Waals surface area contributed by atoms with Crippen LogP contribution in [0.3, 0.4) is 0 Å². The Balaban J connectivity index is 1.39. The molecule has 140 valence electrons. The van der Waals surface area contributed by atoms with Crippen LogP contribution >= 0.6 is 12.2 Å². The highest BCUT2D eigenvalue weighted by atomic mass is 32.1. The topological polar surface area (TPSA) is 46.8 Å². The average Bonchev–Trinajstić information content (AvgIpc) is 3.15. The van der Waals surface area contributed by atoms with Gasteiger partial charge in [-0.3, -0.25) is 0 Å². The monoisotopic (exact) mass is 374 g/mol. The summed E-state index contributed by atoms with van der Waals surface area (Å²) in [6.45, 7) is 6.85. The van der Waals surface area contributed by atoms with E-state index < -0.39 is 0 Å². The van der Waals surface area contributed by atoms with Crippen molar-refractivity contribution in [2.24, 2.45) is 0 Å². The average molecular weight is 375 g/mol. The molecule has 2 heterocycles. The maximum absolute atomic E-state index is 5.51. The molecule has 0 bridgehead atoms. The fourth-order valence-corrected chi connectivity index (χ4v) is 3.25. The normalized spacial score (nSPS) is 15.0. The summed E-state index contributed by atoms with van der Waals surface area (Å²) in [4.78, 5) is 3.69. The minimum Gasteiger partial charge on any atom is -0.370 e. The van der Waals surface area contributed by atoms with Gasteiger partial charge in [0.1, 0.15) is 13.1 Å². The Morgan fingerprint density at radius 2 is 2.08 bits per heavy atom. The van der Waals surface area contributed by atoms with Crippen molar-refractivity contribution in [3.05, 3.63) is 48.3 Å². The third-order valence-electron chi connectivity index (χ3n) is 4.61. The number of ether oxygens (including phenoxy) is 1. The van der Waals surface area contributed by atoms with Crippen LogP contribution in [0.25, 0.3) is 5.69 Å². The van der Waals surface area contributed by atoms with E-state index >= 15 is 0 Å². The zero-order chi connectivity index (χ0) is 18.2. The highest BCUT2D eigenvalue weighted by Crippen LogP contribution is 2.09. The zero-order valence-corrected chi connectivity index (χ0v) is 16.2. The fraction of sp³-hybridized carbons (Fsp3) is 0.474. The predicted molar refractivity (Wildman–Crippen MR) is 107 cm³/mol. The molecule has 0 unspecified atom stereocenters. The number of para-hydroxylation sites is 1. The summed E-state index contributed by atoms with van der Waals surface area (Å²) < 4.78 is 7.29. The highest BCUT2D eigenvalue weighted by Gasteiger charge is 2.13. The predicted octanol–water partition coefficient (Wildman–Crippen LogP) is 0.484. The van der Waals surface area contributed by atoms with Crippen molar-refractivity contribution < 1.29 is 9.64 Å². The Bertz CT molecular complexity index is 684. The molecule has 1 aromatic heterocycles. The van der Waals surface area contributed by atoms with Crippen LogP contribution in [0.15, 0.2) is 42.7 Å². The molecular formula is C19H28N5OS+. The molecule has 1 aliphatic rings. The second kappa shape index (κ2) is 9.66. The van der Waals surface area contributed by atoms with Gasteiger partial charge < -0.3 is 19.9 Å². The molecule has 1 aromatic carbocycles.